The number of carbonyl (C=O) groups is 1. The van der Waals surface area contributed by atoms with E-state index < -0.39 is 0 Å². The average molecular weight is 495 g/mol. The molecule has 0 amide bonds. The Balaban J connectivity index is 1.30. The quantitative estimate of drug-likeness (QED) is 0.375. The van der Waals surface area contributed by atoms with Crippen LogP contribution in [0.3, 0.4) is 0 Å². The first kappa shape index (κ1) is 25.9. The SMILES string of the molecule is CC(C)CCC[C@@H](C)[C@H]1CC[C@H]2[C@@H]3CC[C@H]4CC(=O)C(Sc5ccccc5)C[C@]4(C)[C@H]3CC[C@]12C. The van der Waals surface area contributed by atoms with Crippen LogP contribution in [0.2, 0.25) is 0 Å². The van der Waals surface area contributed by atoms with Crippen LogP contribution >= 0.6 is 11.8 Å². The molecule has 2 heteroatoms. The number of thioether (sulfide) groups is 1. The van der Waals surface area contributed by atoms with Gasteiger partial charge in [0.05, 0.1) is 5.25 Å². The van der Waals surface area contributed by atoms with Crippen LogP contribution in [0.5, 0.6) is 0 Å². The maximum Gasteiger partial charge on any atom is 0.146 e. The van der Waals surface area contributed by atoms with E-state index in [1.54, 1.807) is 0 Å². The minimum Gasteiger partial charge on any atom is -0.298 e. The molecule has 5 rings (SSSR count). The Kier molecular flexibility index (Phi) is 7.53. The summed E-state index contributed by atoms with van der Waals surface area (Å²) in [6.07, 6.45) is 14.7. The lowest BCUT2D eigenvalue weighted by molar-refractivity contribution is -0.139. The van der Waals surface area contributed by atoms with Crippen molar-refractivity contribution in [2.24, 2.45) is 52.3 Å². The van der Waals surface area contributed by atoms with Crippen LogP contribution in [0.25, 0.3) is 0 Å². The van der Waals surface area contributed by atoms with Crippen LogP contribution in [0.1, 0.15) is 105 Å². The normalized spacial score (nSPS) is 41.8. The molecule has 0 saturated heterocycles. The summed E-state index contributed by atoms with van der Waals surface area (Å²) in [5, 5.41) is 0.156. The van der Waals surface area contributed by atoms with Crippen molar-refractivity contribution in [3.63, 3.8) is 0 Å². The van der Waals surface area contributed by atoms with Gasteiger partial charge in [0.1, 0.15) is 5.78 Å². The molecule has 1 aromatic rings. The van der Waals surface area contributed by atoms with Gasteiger partial charge in [-0.05, 0) is 109 Å². The fourth-order valence-corrected chi connectivity index (χ4v) is 11.2. The number of Topliss-reactive ketones (excluding diaryl/α,β-unsaturated/α-hetero) is 1. The van der Waals surface area contributed by atoms with E-state index in [4.69, 9.17) is 0 Å². The molecular weight excluding hydrogens is 444 g/mol. The molecule has 194 valence electrons. The maximum absolute atomic E-state index is 13.2. The van der Waals surface area contributed by atoms with Gasteiger partial charge in [-0.2, -0.15) is 0 Å². The van der Waals surface area contributed by atoms with E-state index in [9.17, 15) is 4.79 Å². The summed E-state index contributed by atoms with van der Waals surface area (Å²) in [6, 6.07) is 10.7. The van der Waals surface area contributed by atoms with Gasteiger partial charge < -0.3 is 0 Å². The highest BCUT2D eigenvalue weighted by molar-refractivity contribution is 8.00. The Hall–Kier alpha value is -0.760. The van der Waals surface area contributed by atoms with Gasteiger partial charge in [0.2, 0.25) is 0 Å². The van der Waals surface area contributed by atoms with E-state index in [1.165, 1.54) is 62.7 Å². The lowest BCUT2D eigenvalue weighted by atomic mass is 9.44. The van der Waals surface area contributed by atoms with Crippen molar-refractivity contribution in [1.82, 2.24) is 0 Å². The molecule has 1 aromatic carbocycles. The summed E-state index contributed by atoms with van der Waals surface area (Å²) in [5.74, 6) is 6.46. The average Bonchev–Trinajstić information content (AvgIpc) is 3.18. The fourth-order valence-electron chi connectivity index (χ4n) is 9.87. The summed E-state index contributed by atoms with van der Waals surface area (Å²) in [5.41, 5.74) is 0.913. The first-order valence-electron chi connectivity index (χ1n) is 15.0. The fraction of sp³-hybridized carbons (Fsp3) is 0.788. The second kappa shape index (κ2) is 10.2. The molecule has 35 heavy (non-hydrogen) atoms. The topological polar surface area (TPSA) is 17.1 Å². The van der Waals surface area contributed by atoms with Gasteiger partial charge in [0, 0.05) is 11.3 Å². The number of carbonyl (C=O) groups excluding carboxylic acids is 1. The smallest absolute Gasteiger partial charge is 0.146 e. The molecule has 1 nitrogen and oxygen atoms in total. The van der Waals surface area contributed by atoms with Gasteiger partial charge in [0.25, 0.3) is 0 Å². The van der Waals surface area contributed by atoms with Crippen molar-refractivity contribution in [3.05, 3.63) is 30.3 Å². The van der Waals surface area contributed by atoms with E-state index in [0.29, 0.717) is 22.5 Å². The van der Waals surface area contributed by atoms with Gasteiger partial charge in [-0.15, -0.1) is 11.8 Å². The molecule has 0 aromatic heterocycles. The second-order valence-corrected chi connectivity index (χ2v) is 15.3. The number of ketones is 1. The Morgan fingerprint density at radius 3 is 2.40 bits per heavy atom. The van der Waals surface area contributed by atoms with Crippen molar-refractivity contribution in [2.45, 2.75) is 115 Å². The number of hydrogen-bond acceptors (Lipinski definition) is 2. The largest absolute Gasteiger partial charge is 0.298 e. The number of benzene rings is 1. The molecule has 0 radical (unpaired) electrons. The molecular formula is C33H50OS. The second-order valence-electron chi connectivity index (χ2n) is 14.0. The molecule has 4 aliphatic carbocycles. The van der Waals surface area contributed by atoms with E-state index in [2.05, 4.69) is 65.0 Å². The summed E-state index contributed by atoms with van der Waals surface area (Å²) in [6.45, 7) is 12.6. The first-order chi connectivity index (χ1) is 16.7. The summed E-state index contributed by atoms with van der Waals surface area (Å²) >= 11 is 1.85. The molecule has 0 aliphatic heterocycles. The van der Waals surface area contributed by atoms with Crippen LogP contribution in [0, 0.1) is 52.3 Å². The molecule has 0 spiro atoms. The monoisotopic (exact) mass is 494 g/mol. The highest BCUT2D eigenvalue weighted by Gasteiger charge is 2.61. The molecule has 4 aliphatic rings. The predicted octanol–water partition coefficient (Wildman–Crippen LogP) is 9.45. The summed E-state index contributed by atoms with van der Waals surface area (Å²) in [7, 11) is 0. The minimum atomic E-state index is 0.156. The van der Waals surface area contributed by atoms with Crippen molar-refractivity contribution in [1.29, 1.82) is 0 Å². The molecule has 0 bridgehead atoms. The van der Waals surface area contributed by atoms with Gasteiger partial charge >= 0.3 is 0 Å². The number of rotatable bonds is 7. The minimum absolute atomic E-state index is 0.156. The molecule has 4 saturated carbocycles. The Morgan fingerprint density at radius 1 is 0.914 bits per heavy atom. The predicted molar refractivity (Wildman–Crippen MR) is 150 cm³/mol. The highest BCUT2D eigenvalue weighted by Crippen LogP contribution is 2.68. The third-order valence-electron chi connectivity index (χ3n) is 11.7. The molecule has 1 unspecified atom stereocenters. The molecule has 9 atom stereocenters. The molecule has 0 heterocycles. The zero-order valence-electron chi connectivity index (χ0n) is 23.1. The third-order valence-corrected chi connectivity index (χ3v) is 13.0. The van der Waals surface area contributed by atoms with Crippen LogP contribution in [0.4, 0.5) is 0 Å². The Morgan fingerprint density at radius 2 is 1.66 bits per heavy atom. The van der Waals surface area contributed by atoms with E-state index in [0.717, 1.165) is 48.3 Å². The zero-order chi connectivity index (χ0) is 24.8. The lowest BCUT2D eigenvalue weighted by Crippen LogP contribution is -2.55. The lowest BCUT2D eigenvalue weighted by Gasteiger charge is -2.61. The molecule has 0 N–H and O–H groups in total. The van der Waals surface area contributed by atoms with Crippen LogP contribution in [-0.2, 0) is 4.79 Å². The Bertz CT molecular complexity index is 878. The van der Waals surface area contributed by atoms with Crippen molar-refractivity contribution < 1.29 is 4.79 Å². The third kappa shape index (κ3) is 4.80. The van der Waals surface area contributed by atoms with Crippen LogP contribution in [-0.4, -0.2) is 11.0 Å². The molecule has 4 fully saturated rings. The maximum atomic E-state index is 13.2. The van der Waals surface area contributed by atoms with Crippen molar-refractivity contribution >= 4 is 17.5 Å². The standard InChI is InChI=1S/C33H50OS/c1-22(2)10-9-11-23(3)27-16-17-28-26-15-14-24-20-30(34)31(35-25-12-7-6-8-13-25)21-33(24,5)29(26)18-19-32(27,28)4/h6-8,12-13,22-24,26-29,31H,9-11,14-21H2,1-5H3/t23-,24+,26+,27-,28+,29+,31?,32-,33+/m1/s1. The number of fused-ring (bicyclic) bond motifs is 5. The van der Waals surface area contributed by atoms with Crippen LogP contribution < -0.4 is 0 Å². The number of hydrogen-bond donors (Lipinski definition) is 0. The van der Waals surface area contributed by atoms with Crippen LogP contribution in [0.15, 0.2) is 35.2 Å². The van der Waals surface area contributed by atoms with E-state index in [1.807, 2.05) is 11.8 Å². The van der Waals surface area contributed by atoms with Gasteiger partial charge in [-0.1, -0.05) is 72.1 Å². The van der Waals surface area contributed by atoms with Crippen molar-refractivity contribution in [3.8, 4) is 0 Å². The van der Waals surface area contributed by atoms with E-state index >= 15 is 0 Å². The van der Waals surface area contributed by atoms with Gasteiger partial charge in [-0.25, -0.2) is 0 Å². The summed E-state index contributed by atoms with van der Waals surface area (Å²) in [4.78, 5) is 14.5. The van der Waals surface area contributed by atoms with Crippen molar-refractivity contribution in [2.75, 3.05) is 0 Å². The Labute approximate surface area is 220 Å². The van der Waals surface area contributed by atoms with Gasteiger partial charge in [0.15, 0.2) is 0 Å². The highest BCUT2D eigenvalue weighted by atomic mass is 32.2. The first-order valence-corrected chi connectivity index (χ1v) is 15.8. The summed E-state index contributed by atoms with van der Waals surface area (Å²) < 4.78 is 0. The van der Waals surface area contributed by atoms with E-state index in [-0.39, 0.29) is 5.25 Å². The zero-order valence-corrected chi connectivity index (χ0v) is 23.9. The van der Waals surface area contributed by atoms with Gasteiger partial charge in [-0.3, -0.25) is 4.79 Å².